The molecule has 0 spiro atoms. The molecule has 0 aromatic heterocycles. The first-order chi connectivity index (χ1) is 16.4. The van der Waals surface area contributed by atoms with Gasteiger partial charge < -0.3 is 5.11 Å². The summed E-state index contributed by atoms with van der Waals surface area (Å²) in [5.74, 6) is 2.49. The quantitative estimate of drug-likeness (QED) is 0.449. The fraction of sp³-hybridized carbons (Fsp3) is 0.357. The zero-order chi connectivity index (χ0) is 23.4. The van der Waals surface area contributed by atoms with E-state index in [4.69, 9.17) is 11.6 Å². The lowest BCUT2D eigenvalue weighted by atomic mass is 9.48. The van der Waals surface area contributed by atoms with Gasteiger partial charge >= 0.3 is 0 Å². The zero-order valence-corrected chi connectivity index (χ0v) is 20.3. The topological polar surface area (TPSA) is 66.4 Å². The third-order valence-corrected chi connectivity index (χ3v) is 9.23. The molecule has 1 saturated heterocycles. The number of rotatable bonds is 4. The molecule has 4 nitrogen and oxygen atoms in total. The number of imide groups is 1. The summed E-state index contributed by atoms with van der Waals surface area (Å²) in [6, 6.07) is 11.9. The van der Waals surface area contributed by atoms with E-state index >= 15 is 0 Å². The van der Waals surface area contributed by atoms with E-state index in [0.717, 1.165) is 51.8 Å². The largest absolute Gasteiger partial charge is 0.508 e. The Morgan fingerprint density at radius 1 is 1.00 bits per heavy atom. The number of carbonyl (C=O) groups is 2. The molecule has 34 heavy (non-hydrogen) atoms. The number of benzene rings is 2. The molecule has 6 heteroatoms. The minimum Gasteiger partial charge on any atom is -0.508 e. The monoisotopic (exact) mass is 491 g/mol. The Bertz CT molecular complexity index is 1230. The Morgan fingerprint density at radius 3 is 2.32 bits per heavy atom. The highest BCUT2D eigenvalue weighted by atomic mass is 35.5. The maximum Gasteiger partial charge on any atom is 0.290 e. The molecule has 174 valence electrons. The fourth-order valence-corrected chi connectivity index (χ4v) is 8.05. The van der Waals surface area contributed by atoms with Crippen LogP contribution >= 0.6 is 23.4 Å². The van der Waals surface area contributed by atoms with E-state index in [2.05, 4.69) is 11.4 Å². The summed E-state index contributed by atoms with van der Waals surface area (Å²) in [5.41, 5.74) is 4.10. The van der Waals surface area contributed by atoms with Gasteiger partial charge in [0.25, 0.3) is 11.1 Å². The summed E-state index contributed by atoms with van der Waals surface area (Å²) in [6.07, 6.45) is 12.9. The summed E-state index contributed by atoms with van der Waals surface area (Å²) >= 11 is 7.60. The molecule has 4 bridgehead atoms. The Hall–Kier alpha value is -2.50. The van der Waals surface area contributed by atoms with Crippen molar-refractivity contribution in [1.82, 2.24) is 5.32 Å². The maximum absolute atomic E-state index is 11.6. The van der Waals surface area contributed by atoms with Crippen LogP contribution in [0.2, 0.25) is 5.02 Å². The summed E-state index contributed by atoms with van der Waals surface area (Å²) in [7, 11) is 0. The average Bonchev–Trinajstić information content (AvgIpc) is 3.10. The minimum absolute atomic E-state index is 0.115. The Labute approximate surface area is 208 Å². The van der Waals surface area contributed by atoms with E-state index in [0.29, 0.717) is 15.7 Å². The van der Waals surface area contributed by atoms with Crippen molar-refractivity contribution in [3.63, 3.8) is 0 Å². The van der Waals surface area contributed by atoms with Crippen LogP contribution in [0.4, 0.5) is 4.79 Å². The summed E-state index contributed by atoms with van der Waals surface area (Å²) in [5, 5.41) is 13.4. The standard InChI is InChI=1S/C28H26ClNO3S/c29-23-11-16(2-1-3-25-26(32)30-27(33)34-25)4-6-21(23)20-5-7-24(31)22(12-20)28-13-17-8-18(14-28)10-19(9-17)15-28/h1-7,11-12,17-19,31H,8-10,13-15H2,(H,30,32,33)/b2-1+,25-3+. The van der Waals surface area contributed by atoms with Crippen molar-refractivity contribution in [1.29, 1.82) is 0 Å². The normalized spacial score (nSPS) is 31.1. The highest BCUT2D eigenvalue weighted by Crippen LogP contribution is 2.62. The molecule has 0 radical (unpaired) electrons. The molecule has 0 atom stereocenters. The van der Waals surface area contributed by atoms with E-state index in [1.807, 2.05) is 36.4 Å². The predicted octanol–water partition coefficient (Wildman–Crippen LogP) is 7.06. The van der Waals surface area contributed by atoms with E-state index in [1.165, 1.54) is 38.5 Å². The van der Waals surface area contributed by atoms with Crippen LogP contribution in [-0.2, 0) is 10.2 Å². The number of carbonyl (C=O) groups excluding carboxylic acids is 2. The molecular weight excluding hydrogens is 466 g/mol. The zero-order valence-electron chi connectivity index (χ0n) is 18.7. The summed E-state index contributed by atoms with van der Waals surface area (Å²) < 4.78 is 0. The third-order valence-electron chi connectivity index (χ3n) is 8.09. The number of thioether (sulfide) groups is 1. The van der Waals surface area contributed by atoms with Gasteiger partial charge in [0.1, 0.15) is 5.75 Å². The van der Waals surface area contributed by atoms with Crippen LogP contribution in [0.3, 0.4) is 0 Å². The number of halogens is 1. The van der Waals surface area contributed by atoms with Crippen LogP contribution in [0, 0.1) is 17.8 Å². The number of nitrogens with one attached hydrogen (secondary N) is 1. The molecule has 2 N–H and O–H groups in total. The van der Waals surface area contributed by atoms with Crippen LogP contribution < -0.4 is 5.32 Å². The van der Waals surface area contributed by atoms with Crippen LogP contribution in [0.5, 0.6) is 5.75 Å². The Kier molecular flexibility index (Phi) is 5.38. The second-order valence-electron chi connectivity index (χ2n) is 10.4. The van der Waals surface area contributed by atoms with Gasteiger partial charge in [-0.3, -0.25) is 14.9 Å². The second-order valence-corrected chi connectivity index (χ2v) is 11.8. The van der Waals surface area contributed by atoms with Gasteiger partial charge in [-0.05, 0) is 109 Å². The van der Waals surface area contributed by atoms with Gasteiger partial charge in [0.15, 0.2) is 0 Å². The van der Waals surface area contributed by atoms with Gasteiger partial charge in [-0.2, -0.15) is 0 Å². The number of phenols is 1. The molecule has 1 aliphatic heterocycles. The lowest BCUT2D eigenvalue weighted by Crippen LogP contribution is -2.48. The van der Waals surface area contributed by atoms with Gasteiger partial charge in [-0.1, -0.05) is 42.0 Å². The first-order valence-corrected chi connectivity index (χ1v) is 13.1. The molecule has 0 unspecified atom stereocenters. The predicted molar refractivity (Wildman–Crippen MR) is 137 cm³/mol. The average molecular weight is 492 g/mol. The highest BCUT2D eigenvalue weighted by molar-refractivity contribution is 8.18. The molecule has 2 amide bonds. The van der Waals surface area contributed by atoms with Gasteiger partial charge in [0.2, 0.25) is 0 Å². The van der Waals surface area contributed by atoms with Crippen molar-refractivity contribution in [3.05, 3.63) is 69.6 Å². The maximum atomic E-state index is 11.6. The van der Waals surface area contributed by atoms with Crippen LogP contribution in [0.25, 0.3) is 17.2 Å². The lowest BCUT2D eigenvalue weighted by Gasteiger charge is -2.57. The highest BCUT2D eigenvalue weighted by Gasteiger charge is 2.52. The van der Waals surface area contributed by atoms with Crippen molar-refractivity contribution in [2.45, 2.75) is 43.9 Å². The van der Waals surface area contributed by atoms with Crippen LogP contribution in [0.1, 0.15) is 49.7 Å². The van der Waals surface area contributed by atoms with E-state index in [9.17, 15) is 14.7 Å². The molecule has 7 rings (SSSR count). The smallest absolute Gasteiger partial charge is 0.290 e. The third kappa shape index (κ3) is 3.89. The van der Waals surface area contributed by atoms with E-state index < -0.39 is 0 Å². The van der Waals surface area contributed by atoms with Gasteiger partial charge in [0.05, 0.1) is 4.91 Å². The molecular formula is C28H26ClNO3S. The SMILES string of the molecule is O=C1NC(=O)/C(=C\C=C\c2ccc(-c3ccc(O)c(C45CC6CC(CC(C6)C4)C5)c3)c(Cl)c2)S1. The number of hydrogen-bond acceptors (Lipinski definition) is 4. The molecule has 4 saturated carbocycles. The lowest BCUT2D eigenvalue weighted by molar-refractivity contribution is -0.115. The first-order valence-electron chi connectivity index (χ1n) is 11.9. The molecule has 2 aromatic carbocycles. The van der Waals surface area contributed by atoms with Crippen LogP contribution in [0.15, 0.2) is 53.5 Å². The molecule has 5 fully saturated rings. The fourth-order valence-electron chi connectivity index (χ4n) is 7.12. The van der Waals surface area contributed by atoms with Crippen molar-refractivity contribution in [2.75, 3.05) is 0 Å². The van der Waals surface area contributed by atoms with Crippen molar-refractivity contribution in [2.24, 2.45) is 17.8 Å². The van der Waals surface area contributed by atoms with E-state index in [1.54, 1.807) is 12.2 Å². The van der Waals surface area contributed by atoms with E-state index in [-0.39, 0.29) is 16.6 Å². The number of phenolic OH excluding ortho intramolecular Hbond substituents is 1. The molecule has 1 heterocycles. The number of aromatic hydroxyl groups is 1. The molecule has 4 aliphatic carbocycles. The van der Waals surface area contributed by atoms with Crippen molar-refractivity contribution >= 4 is 40.6 Å². The minimum atomic E-state index is -0.366. The van der Waals surface area contributed by atoms with Crippen molar-refractivity contribution in [3.8, 4) is 16.9 Å². The molecule has 2 aromatic rings. The van der Waals surface area contributed by atoms with Crippen LogP contribution in [-0.4, -0.2) is 16.3 Å². The number of allylic oxidation sites excluding steroid dienone is 2. The first kappa shape index (κ1) is 22.0. The number of hydrogen-bond donors (Lipinski definition) is 2. The molecule has 5 aliphatic rings. The Morgan fingerprint density at radius 2 is 1.71 bits per heavy atom. The second kappa shape index (κ2) is 8.31. The van der Waals surface area contributed by atoms with Gasteiger partial charge in [-0.25, -0.2) is 0 Å². The summed E-state index contributed by atoms with van der Waals surface area (Å²) in [6.45, 7) is 0. The number of amides is 2. The van der Waals surface area contributed by atoms with Gasteiger partial charge in [-0.15, -0.1) is 0 Å². The van der Waals surface area contributed by atoms with Crippen molar-refractivity contribution < 1.29 is 14.7 Å². The summed E-state index contributed by atoms with van der Waals surface area (Å²) in [4.78, 5) is 23.3. The Balaban J connectivity index is 1.27. The van der Waals surface area contributed by atoms with Gasteiger partial charge in [0, 0.05) is 16.1 Å².